The Kier molecular flexibility index (Phi) is 3.59. The van der Waals surface area contributed by atoms with Crippen LogP contribution in [0.3, 0.4) is 0 Å². The largest absolute Gasteiger partial charge is 0.356 e. The van der Waals surface area contributed by atoms with E-state index in [1.54, 1.807) is 17.1 Å². The zero-order valence-corrected chi connectivity index (χ0v) is 13.7. The lowest BCUT2D eigenvalue weighted by atomic mass is 9.77. The summed E-state index contributed by atoms with van der Waals surface area (Å²) in [6.07, 6.45) is 8.09. The summed E-state index contributed by atoms with van der Waals surface area (Å²) in [7, 11) is 1.87. The number of nitrogens with zero attached hydrogens (tertiary/aromatic N) is 5. The summed E-state index contributed by atoms with van der Waals surface area (Å²) in [6.45, 7) is 2.50. The van der Waals surface area contributed by atoms with Crippen molar-refractivity contribution in [3.05, 3.63) is 24.7 Å². The number of hydrogen-bond donors (Lipinski definition) is 2. The zero-order valence-electron chi connectivity index (χ0n) is 13.7. The lowest BCUT2D eigenvalue weighted by Gasteiger charge is -2.37. The van der Waals surface area contributed by atoms with Gasteiger partial charge in [-0.05, 0) is 25.3 Å². The van der Waals surface area contributed by atoms with Gasteiger partial charge < -0.3 is 15.5 Å². The second kappa shape index (κ2) is 5.77. The van der Waals surface area contributed by atoms with Gasteiger partial charge in [-0.3, -0.25) is 9.48 Å². The van der Waals surface area contributed by atoms with E-state index in [4.69, 9.17) is 0 Å². The highest BCUT2D eigenvalue weighted by atomic mass is 16.2. The number of amides is 1. The SMILES string of the molecule is Cn1cc(Nc2nccc(N3CCC4(CCNC4=O)CC3)n2)cn1. The summed E-state index contributed by atoms with van der Waals surface area (Å²) < 4.78 is 1.73. The van der Waals surface area contributed by atoms with E-state index in [0.29, 0.717) is 5.95 Å². The molecule has 126 valence electrons. The van der Waals surface area contributed by atoms with Crippen molar-refractivity contribution in [2.24, 2.45) is 12.5 Å². The number of carbonyl (C=O) groups is 1. The van der Waals surface area contributed by atoms with Gasteiger partial charge in [0.25, 0.3) is 0 Å². The molecule has 24 heavy (non-hydrogen) atoms. The van der Waals surface area contributed by atoms with Crippen LogP contribution in [0.15, 0.2) is 24.7 Å². The van der Waals surface area contributed by atoms with Crippen molar-refractivity contribution in [1.29, 1.82) is 0 Å². The lowest BCUT2D eigenvalue weighted by molar-refractivity contribution is -0.128. The van der Waals surface area contributed by atoms with Gasteiger partial charge in [0.1, 0.15) is 5.82 Å². The van der Waals surface area contributed by atoms with Gasteiger partial charge in [0, 0.05) is 39.1 Å². The number of aryl methyl sites for hydroxylation is 1. The Hall–Kier alpha value is -2.64. The molecule has 2 N–H and O–H groups in total. The minimum atomic E-state index is -0.152. The van der Waals surface area contributed by atoms with Gasteiger partial charge in [0.2, 0.25) is 11.9 Å². The number of rotatable bonds is 3. The molecule has 2 aliphatic rings. The third-order valence-electron chi connectivity index (χ3n) is 5.02. The van der Waals surface area contributed by atoms with Crippen LogP contribution in [-0.2, 0) is 11.8 Å². The monoisotopic (exact) mass is 327 g/mol. The lowest BCUT2D eigenvalue weighted by Crippen LogP contribution is -2.44. The van der Waals surface area contributed by atoms with Gasteiger partial charge in [0.05, 0.1) is 17.3 Å². The Balaban J connectivity index is 1.45. The normalized spacial score (nSPS) is 19.5. The number of carbonyl (C=O) groups excluding carboxylic acids is 1. The molecule has 4 heterocycles. The van der Waals surface area contributed by atoms with Gasteiger partial charge in [-0.2, -0.15) is 10.1 Å². The molecule has 8 nitrogen and oxygen atoms in total. The first-order chi connectivity index (χ1) is 11.6. The van der Waals surface area contributed by atoms with Crippen LogP contribution < -0.4 is 15.5 Å². The summed E-state index contributed by atoms with van der Waals surface area (Å²) in [5, 5.41) is 10.3. The van der Waals surface area contributed by atoms with E-state index in [1.807, 2.05) is 19.3 Å². The van der Waals surface area contributed by atoms with Crippen LogP contribution in [0.25, 0.3) is 0 Å². The van der Waals surface area contributed by atoms with E-state index in [-0.39, 0.29) is 11.3 Å². The maximum atomic E-state index is 12.1. The highest BCUT2D eigenvalue weighted by molar-refractivity contribution is 5.85. The first kappa shape index (κ1) is 14.9. The first-order valence-electron chi connectivity index (χ1n) is 8.27. The predicted octanol–water partition coefficient (Wildman–Crippen LogP) is 1.06. The maximum absolute atomic E-state index is 12.1. The van der Waals surface area contributed by atoms with Crippen LogP contribution in [0.1, 0.15) is 19.3 Å². The van der Waals surface area contributed by atoms with Crippen LogP contribution in [0.2, 0.25) is 0 Å². The van der Waals surface area contributed by atoms with Crippen molar-refractivity contribution in [3.63, 3.8) is 0 Å². The van der Waals surface area contributed by atoms with Crippen molar-refractivity contribution in [1.82, 2.24) is 25.1 Å². The van der Waals surface area contributed by atoms with E-state index in [1.165, 1.54) is 0 Å². The summed E-state index contributed by atoms with van der Waals surface area (Å²) in [6, 6.07) is 1.92. The molecule has 0 aromatic carbocycles. The molecular weight excluding hydrogens is 306 g/mol. The maximum Gasteiger partial charge on any atom is 0.229 e. The van der Waals surface area contributed by atoms with Crippen LogP contribution in [-0.4, -0.2) is 45.3 Å². The second-order valence-corrected chi connectivity index (χ2v) is 6.54. The average Bonchev–Trinajstić information content (AvgIpc) is 3.15. The Labute approximate surface area is 140 Å². The molecule has 0 bridgehead atoms. The number of piperidine rings is 1. The number of anilines is 3. The van der Waals surface area contributed by atoms with E-state index >= 15 is 0 Å². The third-order valence-corrected chi connectivity index (χ3v) is 5.02. The first-order valence-corrected chi connectivity index (χ1v) is 8.27. The Morgan fingerprint density at radius 2 is 2.12 bits per heavy atom. The molecular formula is C16H21N7O. The van der Waals surface area contributed by atoms with Gasteiger partial charge in [-0.15, -0.1) is 0 Å². The highest BCUT2D eigenvalue weighted by Crippen LogP contribution is 2.38. The minimum absolute atomic E-state index is 0.152. The Morgan fingerprint density at radius 1 is 1.29 bits per heavy atom. The highest BCUT2D eigenvalue weighted by Gasteiger charge is 2.44. The second-order valence-electron chi connectivity index (χ2n) is 6.54. The van der Waals surface area contributed by atoms with E-state index < -0.39 is 0 Å². The van der Waals surface area contributed by atoms with Crippen LogP contribution in [0, 0.1) is 5.41 Å². The molecule has 0 atom stereocenters. The standard InChI is InChI=1S/C16H21N7O/c1-22-11-12(10-19-22)20-15-18-6-2-13(21-15)23-8-4-16(5-9-23)3-7-17-14(16)24/h2,6,10-11H,3-5,7-9H2,1H3,(H,17,24)(H,18,20,21). The molecule has 2 aliphatic heterocycles. The molecule has 0 unspecified atom stereocenters. The van der Waals surface area contributed by atoms with Gasteiger partial charge in [-0.25, -0.2) is 4.98 Å². The quantitative estimate of drug-likeness (QED) is 0.876. The van der Waals surface area contributed by atoms with E-state index in [0.717, 1.165) is 50.4 Å². The molecule has 0 saturated carbocycles. The summed E-state index contributed by atoms with van der Waals surface area (Å²) in [5.74, 6) is 1.67. The molecule has 2 aromatic heterocycles. The van der Waals surface area contributed by atoms with Crippen LogP contribution in [0.5, 0.6) is 0 Å². The Morgan fingerprint density at radius 3 is 2.79 bits per heavy atom. The van der Waals surface area contributed by atoms with Crippen LogP contribution >= 0.6 is 0 Å². The molecule has 4 rings (SSSR count). The zero-order chi connectivity index (χ0) is 16.6. The molecule has 2 saturated heterocycles. The van der Waals surface area contributed by atoms with Crippen molar-refractivity contribution >= 4 is 23.4 Å². The molecule has 1 spiro atoms. The van der Waals surface area contributed by atoms with Crippen molar-refractivity contribution in [2.45, 2.75) is 19.3 Å². The van der Waals surface area contributed by atoms with Crippen molar-refractivity contribution in [3.8, 4) is 0 Å². The topological polar surface area (TPSA) is 88.0 Å². The summed E-state index contributed by atoms with van der Waals surface area (Å²) in [4.78, 5) is 23.2. The third kappa shape index (κ3) is 2.68. The smallest absolute Gasteiger partial charge is 0.229 e. The molecule has 1 amide bonds. The van der Waals surface area contributed by atoms with Crippen molar-refractivity contribution in [2.75, 3.05) is 29.9 Å². The number of aromatic nitrogens is 4. The summed E-state index contributed by atoms with van der Waals surface area (Å²) in [5.41, 5.74) is 0.704. The van der Waals surface area contributed by atoms with E-state index in [2.05, 4.69) is 30.6 Å². The molecule has 0 aliphatic carbocycles. The Bertz CT molecular complexity index is 748. The van der Waals surface area contributed by atoms with E-state index in [9.17, 15) is 4.79 Å². The summed E-state index contributed by atoms with van der Waals surface area (Å²) >= 11 is 0. The number of hydrogen-bond acceptors (Lipinski definition) is 6. The van der Waals surface area contributed by atoms with Gasteiger partial charge in [0.15, 0.2) is 0 Å². The molecule has 8 heteroatoms. The fourth-order valence-corrected chi connectivity index (χ4v) is 3.56. The van der Waals surface area contributed by atoms with Crippen molar-refractivity contribution < 1.29 is 4.79 Å². The minimum Gasteiger partial charge on any atom is -0.356 e. The fourth-order valence-electron chi connectivity index (χ4n) is 3.56. The average molecular weight is 327 g/mol. The fraction of sp³-hybridized carbons (Fsp3) is 0.500. The molecule has 2 aromatic rings. The molecule has 2 fully saturated rings. The molecule has 0 radical (unpaired) electrons. The number of nitrogens with one attached hydrogen (secondary N) is 2. The van der Waals surface area contributed by atoms with Crippen LogP contribution in [0.4, 0.5) is 17.5 Å². The predicted molar refractivity (Wildman–Crippen MR) is 90.0 cm³/mol. The van der Waals surface area contributed by atoms with Gasteiger partial charge in [-0.1, -0.05) is 0 Å². The van der Waals surface area contributed by atoms with Gasteiger partial charge >= 0.3 is 0 Å².